The van der Waals surface area contributed by atoms with Crippen LogP contribution in [-0.2, 0) is 24.4 Å². The second kappa shape index (κ2) is 14.5. The van der Waals surface area contributed by atoms with Gasteiger partial charge in [-0.15, -0.1) is 11.8 Å². The summed E-state index contributed by atoms with van der Waals surface area (Å²) in [7, 11) is -2.28. The van der Waals surface area contributed by atoms with Crippen molar-refractivity contribution in [1.82, 2.24) is 25.2 Å². The Morgan fingerprint density at radius 3 is 2.53 bits per heavy atom. The van der Waals surface area contributed by atoms with Gasteiger partial charge in [-0.25, -0.2) is 13.4 Å². The summed E-state index contributed by atoms with van der Waals surface area (Å²) >= 11 is 8.49. The fraction of sp³-hybridized carbons (Fsp3) is 0.649. The SMILES string of the molecule is CC[C@@H]1C[C@]1(NC(=O)[C@@H]1C[C@@H](Oc2cc(C3=NC(C(C)C)CS3)nc3c(Cl)c(OC)ccc23)[C@H]2CCNC(C(C)C)C(=O)N21)C(=O)NS(=O)(=O)C1CC1. The second-order valence-corrected chi connectivity index (χ2v) is 19.0. The van der Waals surface area contributed by atoms with Gasteiger partial charge in [-0.2, -0.15) is 0 Å². The molecular weight excluding hydrogens is 740 g/mol. The molecule has 0 bridgehead atoms. The fourth-order valence-corrected chi connectivity index (χ4v) is 10.9. The number of carbonyl (C=O) groups is 3. The number of aliphatic imine (C=N–C) groups is 1. The normalized spacial score (nSPS) is 29.9. The van der Waals surface area contributed by atoms with Gasteiger partial charge in [0, 0.05) is 23.6 Å². The number of hydrogen-bond donors (Lipinski definition) is 3. The maximum atomic E-state index is 14.4. The van der Waals surface area contributed by atoms with E-state index in [1.54, 1.807) is 29.8 Å². The first kappa shape index (κ1) is 38.1. The number of nitrogens with zero attached hydrogens (tertiary/aromatic N) is 3. The van der Waals surface area contributed by atoms with Gasteiger partial charge in [-0.1, -0.05) is 52.6 Å². The molecule has 0 radical (unpaired) electrons. The number of benzene rings is 1. The van der Waals surface area contributed by atoms with E-state index in [2.05, 4.69) is 29.2 Å². The first-order chi connectivity index (χ1) is 25.2. The van der Waals surface area contributed by atoms with Crippen molar-refractivity contribution in [3.63, 3.8) is 0 Å². The van der Waals surface area contributed by atoms with Gasteiger partial charge in [0.2, 0.25) is 21.8 Å². The van der Waals surface area contributed by atoms with E-state index < -0.39 is 56.9 Å². The minimum Gasteiger partial charge on any atom is -0.495 e. The summed E-state index contributed by atoms with van der Waals surface area (Å²) in [5.74, 6) is 0.447. The molecule has 3 aliphatic heterocycles. The van der Waals surface area contributed by atoms with Crippen molar-refractivity contribution in [2.75, 3.05) is 19.4 Å². The molecule has 2 saturated heterocycles. The summed E-state index contributed by atoms with van der Waals surface area (Å²) in [6.45, 7) is 10.6. The fourth-order valence-electron chi connectivity index (χ4n) is 7.96. The number of fused-ring (bicyclic) bond motifs is 2. The van der Waals surface area contributed by atoms with Crippen LogP contribution in [0.15, 0.2) is 23.2 Å². The molecule has 0 spiro atoms. The molecule has 5 aliphatic rings. The van der Waals surface area contributed by atoms with Crippen LogP contribution in [0.5, 0.6) is 11.5 Å². The molecule has 4 fully saturated rings. The lowest BCUT2D eigenvalue weighted by Gasteiger charge is -2.32. The first-order valence-electron chi connectivity index (χ1n) is 18.7. The molecule has 7 rings (SSSR count). The summed E-state index contributed by atoms with van der Waals surface area (Å²) < 4.78 is 40.2. The number of hydrogen-bond acceptors (Lipinski definition) is 11. The molecule has 16 heteroatoms. The average molecular weight is 789 g/mol. The number of halogens is 1. The monoisotopic (exact) mass is 788 g/mol. The predicted molar refractivity (Wildman–Crippen MR) is 205 cm³/mol. The molecule has 13 nitrogen and oxygen atoms in total. The van der Waals surface area contributed by atoms with Gasteiger partial charge in [-0.05, 0) is 62.1 Å². The number of sulfonamides is 1. The molecule has 1 aromatic carbocycles. The topological polar surface area (TPSA) is 168 Å². The maximum absolute atomic E-state index is 14.4. The van der Waals surface area contributed by atoms with Crippen LogP contribution in [0.3, 0.4) is 0 Å². The van der Waals surface area contributed by atoms with Gasteiger partial charge in [0.25, 0.3) is 5.91 Å². The third-order valence-corrected chi connectivity index (χ3v) is 14.7. The number of carbonyl (C=O) groups excluding carboxylic acids is 3. The molecular formula is C37H49ClN6O7S2. The molecule has 3 amide bonds. The van der Waals surface area contributed by atoms with E-state index >= 15 is 0 Å². The molecule has 2 aromatic rings. The van der Waals surface area contributed by atoms with Crippen LogP contribution in [0.25, 0.3) is 10.9 Å². The quantitative estimate of drug-likeness (QED) is 0.286. The van der Waals surface area contributed by atoms with Gasteiger partial charge in [0.1, 0.15) is 39.3 Å². The number of pyridine rings is 1. The van der Waals surface area contributed by atoms with E-state index in [-0.39, 0.29) is 30.2 Å². The van der Waals surface area contributed by atoms with Gasteiger partial charge in [0.05, 0.1) is 41.7 Å². The number of aromatic nitrogens is 1. The Kier molecular flexibility index (Phi) is 10.4. The van der Waals surface area contributed by atoms with Crippen molar-refractivity contribution < 1.29 is 32.3 Å². The van der Waals surface area contributed by atoms with Crippen molar-refractivity contribution >= 4 is 67.1 Å². The van der Waals surface area contributed by atoms with Crippen LogP contribution in [-0.4, -0.2) is 102 Å². The maximum Gasteiger partial charge on any atom is 0.259 e. The number of amides is 3. The molecule has 288 valence electrons. The highest BCUT2D eigenvalue weighted by Crippen LogP contribution is 2.47. The minimum absolute atomic E-state index is 0.0502. The summed E-state index contributed by atoms with van der Waals surface area (Å²) in [6.07, 6.45) is 1.98. The Morgan fingerprint density at radius 2 is 1.91 bits per heavy atom. The van der Waals surface area contributed by atoms with Crippen LogP contribution in [0.2, 0.25) is 5.02 Å². The van der Waals surface area contributed by atoms with Crippen molar-refractivity contribution in [2.24, 2.45) is 22.7 Å². The summed E-state index contributed by atoms with van der Waals surface area (Å²) in [6, 6.07) is 3.66. The van der Waals surface area contributed by atoms with Crippen LogP contribution < -0.4 is 24.8 Å². The predicted octanol–water partition coefficient (Wildman–Crippen LogP) is 4.04. The zero-order valence-corrected chi connectivity index (χ0v) is 33.4. The third-order valence-electron chi connectivity index (χ3n) is 11.4. The Hall–Kier alpha value is -3.14. The zero-order valence-electron chi connectivity index (χ0n) is 31.0. The lowest BCUT2D eigenvalue weighted by Crippen LogP contribution is -2.58. The highest BCUT2D eigenvalue weighted by molar-refractivity contribution is 8.14. The third kappa shape index (κ3) is 7.11. The van der Waals surface area contributed by atoms with Gasteiger partial charge in [0.15, 0.2) is 0 Å². The molecule has 1 aromatic heterocycles. The van der Waals surface area contributed by atoms with Gasteiger partial charge in [-0.3, -0.25) is 24.1 Å². The van der Waals surface area contributed by atoms with Gasteiger partial charge < -0.3 is 25.0 Å². The van der Waals surface area contributed by atoms with E-state index in [4.69, 9.17) is 31.1 Å². The summed E-state index contributed by atoms with van der Waals surface area (Å²) in [5, 5.41) is 7.53. The molecule has 2 saturated carbocycles. The van der Waals surface area contributed by atoms with E-state index in [1.807, 2.05) is 32.9 Å². The number of methoxy groups -OCH3 is 1. The van der Waals surface area contributed by atoms with E-state index in [0.29, 0.717) is 77.7 Å². The van der Waals surface area contributed by atoms with E-state index in [9.17, 15) is 22.8 Å². The first-order valence-corrected chi connectivity index (χ1v) is 21.6. The van der Waals surface area contributed by atoms with Crippen LogP contribution >= 0.6 is 23.4 Å². The smallest absolute Gasteiger partial charge is 0.259 e. The highest BCUT2D eigenvalue weighted by atomic mass is 35.5. The Morgan fingerprint density at radius 1 is 1.15 bits per heavy atom. The van der Waals surface area contributed by atoms with Crippen molar-refractivity contribution in [3.05, 3.63) is 28.9 Å². The molecule has 3 N–H and O–H groups in total. The molecule has 2 unspecified atom stereocenters. The van der Waals surface area contributed by atoms with E-state index in [0.717, 1.165) is 10.8 Å². The molecule has 4 heterocycles. The molecule has 7 atom stereocenters. The number of thioether (sulfide) groups is 1. The molecule has 2 aliphatic carbocycles. The van der Waals surface area contributed by atoms with Crippen molar-refractivity contribution in [1.29, 1.82) is 0 Å². The van der Waals surface area contributed by atoms with Crippen molar-refractivity contribution in [3.8, 4) is 11.5 Å². The van der Waals surface area contributed by atoms with Crippen molar-refractivity contribution in [2.45, 2.75) is 114 Å². The number of ether oxygens (including phenoxy) is 2. The van der Waals surface area contributed by atoms with Crippen LogP contribution in [0, 0.1) is 17.8 Å². The second-order valence-electron chi connectivity index (χ2n) is 15.7. The Balaban J connectivity index is 1.24. The standard InChI is InChI=1S/C37H49ClN6O7S2/c1-7-20-16-37(20,36(47)43-53(48,49)21-8-9-21)42-33(45)26-15-29(25-12-13-39-31(19(4)5)35(46)44(25)26)51-28-14-23(34-41-24(17-52-34)18(2)3)40-32-22(28)10-11-27(50-6)30(32)38/h10-11,14,18-21,24-26,29,31,39H,7-9,12-13,15-17H2,1-6H3,(H,42,45)(H,43,47)/t20-,24?,25-,26+,29-,31?,37-/m1/s1. The molecule has 53 heavy (non-hydrogen) atoms. The van der Waals surface area contributed by atoms with E-state index in [1.165, 1.54) is 0 Å². The van der Waals surface area contributed by atoms with Gasteiger partial charge >= 0.3 is 0 Å². The van der Waals surface area contributed by atoms with Crippen LogP contribution in [0.1, 0.15) is 78.8 Å². The largest absolute Gasteiger partial charge is 0.495 e. The Bertz CT molecular complexity index is 1960. The average Bonchev–Trinajstić information content (AvgIpc) is 4.02. The highest BCUT2D eigenvalue weighted by Gasteiger charge is 2.62. The van der Waals surface area contributed by atoms with Crippen LogP contribution in [0.4, 0.5) is 0 Å². The number of rotatable bonds is 12. The minimum atomic E-state index is -3.83. The number of nitrogens with one attached hydrogen (secondary N) is 3. The zero-order chi connectivity index (χ0) is 38.0. The Labute approximate surface area is 320 Å². The lowest BCUT2D eigenvalue weighted by atomic mass is 10.0. The summed E-state index contributed by atoms with van der Waals surface area (Å²) in [4.78, 5) is 53.9. The lowest BCUT2D eigenvalue weighted by molar-refractivity contribution is -0.143. The summed E-state index contributed by atoms with van der Waals surface area (Å²) in [5.41, 5.74) is -0.260.